The van der Waals surface area contributed by atoms with E-state index >= 15 is 0 Å². The molecule has 3 nitrogen and oxygen atoms in total. The van der Waals surface area contributed by atoms with Crippen LogP contribution in [0.15, 0.2) is 120 Å². The number of benzene rings is 6. The number of rotatable bonds is 1. The SMILES string of the molecule is O=S1(=O)c2ccccc2-c2ccccc2N1c1ccc2c3ccccc3c3ccccc3c2c1. The maximum Gasteiger partial charge on any atom is 0.269 e. The Kier molecular flexibility index (Phi) is 3.94. The lowest BCUT2D eigenvalue weighted by molar-refractivity contribution is 0.596. The summed E-state index contributed by atoms with van der Waals surface area (Å²) in [6.45, 7) is 0. The molecule has 6 aromatic rings. The van der Waals surface area contributed by atoms with Gasteiger partial charge in [-0.05, 0) is 56.6 Å². The maximum atomic E-state index is 13.9. The summed E-state index contributed by atoms with van der Waals surface area (Å²) in [7, 11) is -3.78. The van der Waals surface area contributed by atoms with E-state index in [1.807, 2.05) is 66.7 Å². The van der Waals surface area contributed by atoms with Crippen molar-refractivity contribution in [3.8, 4) is 11.1 Å². The minimum Gasteiger partial charge on any atom is -0.234 e. The molecule has 4 heteroatoms. The van der Waals surface area contributed by atoms with Gasteiger partial charge in [0, 0.05) is 11.1 Å². The third kappa shape index (κ3) is 2.54. The number of nitrogens with zero attached hydrogens (tertiary/aromatic N) is 1. The Balaban J connectivity index is 1.58. The minimum atomic E-state index is -3.78. The monoisotopic (exact) mass is 457 g/mol. The van der Waals surface area contributed by atoms with Crippen molar-refractivity contribution in [3.63, 3.8) is 0 Å². The average Bonchev–Trinajstić information content (AvgIpc) is 2.89. The fourth-order valence-corrected chi connectivity index (χ4v) is 7.03. The van der Waals surface area contributed by atoms with Crippen molar-refractivity contribution in [1.82, 2.24) is 0 Å². The van der Waals surface area contributed by atoms with Gasteiger partial charge in [0.1, 0.15) is 0 Å². The predicted molar refractivity (Wildman–Crippen MR) is 140 cm³/mol. The number of hydrogen-bond acceptors (Lipinski definition) is 2. The zero-order valence-electron chi connectivity index (χ0n) is 18.1. The molecule has 0 atom stereocenters. The van der Waals surface area contributed by atoms with Crippen molar-refractivity contribution in [2.45, 2.75) is 4.90 Å². The van der Waals surface area contributed by atoms with E-state index in [9.17, 15) is 8.42 Å². The van der Waals surface area contributed by atoms with Crippen LogP contribution in [0.1, 0.15) is 0 Å². The van der Waals surface area contributed by atoms with Crippen LogP contribution in [-0.2, 0) is 10.0 Å². The number of hydrogen-bond donors (Lipinski definition) is 0. The number of sulfonamides is 1. The highest BCUT2D eigenvalue weighted by molar-refractivity contribution is 7.93. The molecule has 0 saturated heterocycles. The van der Waals surface area contributed by atoms with Crippen LogP contribution >= 0.6 is 0 Å². The van der Waals surface area contributed by atoms with E-state index in [4.69, 9.17) is 0 Å². The Morgan fingerprint density at radius 1 is 0.471 bits per heavy atom. The molecule has 1 heterocycles. The first-order valence-electron chi connectivity index (χ1n) is 11.2. The zero-order chi connectivity index (χ0) is 22.9. The standard InChI is InChI=1S/C30H19NO2S/c32-34(33)30-16-8-6-14-27(30)26-13-5-7-15-29(26)31(34)20-17-18-25-23-11-2-1-9-21(23)22-10-3-4-12-24(22)28(25)19-20/h1-19H. The number of fused-ring (bicyclic) bond motifs is 9. The van der Waals surface area contributed by atoms with E-state index in [1.165, 1.54) is 9.69 Å². The van der Waals surface area contributed by atoms with Crippen molar-refractivity contribution in [2.24, 2.45) is 0 Å². The molecule has 1 aliphatic heterocycles. The summed E-state index contributed by atoms with van der Waals surface area (Å²) in [6, 6.07) is 37.6. The normalized spacial score (nSPS) is 14.3. The van der Waals surface area contributed by atoms with Crippen LogP contribution in [0.4, 0.5) is 11.4 Å². The van der Waals surface area contributed by atoms with E-state index in [-0.39, 0.29) is 0 Å². The Bertz CT molecular complexity index is 1850. The van der Waals surface area contributed by atoms with Gasteiger partial charge in [0.15, 0.2) is 0 Å². The van der Waals surface area contributed by atoms with Gasteiger partial charge < -0.3 is 0 Å². The molecule has 162 valence electrons. The van der Waals surface area contributed by atoms with Gasteiger partial charge in [-0.3, -0.25) is 0 Å². The van der Waals surface area contributed by atoms with Crippen LogP contribution in [0, 0.1) is 0 Å². The molecule has 0 radical (unpaired) electrons. The summed E-state index contributed by atoms with van der Waals surface area (Å²) in [5.74, 6) is 0. The second-order valence-corrected chi connectivity index (χ2v) is 10.4. The molecule has 0 fully saturated rings. The van der Waals surface area contributed by atoms with Crippen molar-refractivity contribution < 1.29 is 8.42 Å². The third-order valence-electron chi connectivity index (χ3n) is 6.78. The average molecular weight is 458 g/mol. The molecule has 0 unspecified atom stereocenters. The molecular formula is C30H19NO2S. The van der Waals surface area contributed by atoms with Gasteiger partial charge in [-0.1, -0.05) is 91.0 Å². The summed E-state index contributed by atoms with van der Waals surface area (Å²) in [4.78, 5) is 0.331. The Morgan fingerprint density at radius 2 is 0.971 bits per heavy atom. The highest BCUT2D eigenvalue weighted by atomic mass is 32.2. The fourth-order valence-electron chi connectivity index (χ4n) is 5.32. The number of anilines is 2. The lowest BCUT2D eigenvalue weighted by Crippen LogP contribution is -2.30. The van der Waals surface area contributed by atoms with Crippen LogP contribution in [0.5, 0.6) is 0 Å². The predicted octanol–water partition coefficient (Wildman–Crippen LogP) is 7.65. The van der Waals surface area contributed by atoms with Gasteiger partial charge in [0.05, 0.1) is 16.3 Å². The molecule has 0 amide bonds. The zero-order valence-corrected chi connectivity index (χ0v) is 19.0. The first-order chi connectivity index (χ1) is 16.6. The van der Waals surface area contributed by atoms with Gasteiger partial charge in [-0.2, -0.15) is 0 Å². The van der Waals surface area contributed by atoms with Crippen LogP contribution in [0.2, 0.25) is 0 Å². The van der Waals surface area contributed by atoms with E-state index in [2.05, 4.69) is 36.4 Å². The van der Waals surface area contributed by atoms with Gasteiger partial charge in [0.2, 0.25) is 0 Å². The summed E-state index contributed by atoms with van der Waals surface area (Å²) in [5.41, 5.74) is 2.96. The quantitative estimate of drug-likeness (QED) is 0.238. The van der Waals surface area contributed by atoms with Crippen LogP contribution in [0.25, 0.3) is 43.4 Å². The van der Waals surface area contributed by atoms with E-state index < -0.39 is 10.0 Å². The molecule has 0 saturated carbocycles. The highest BCUT2D eigenvalue weighted by Crippen LogP contribution is 2.47. The Labute approximate surface area is 197 Å². The van der Waals surface area contributed by atoms with E-state index in [1.54, 1.807) is 12.1 Å². The first kappa shape index (κ1) is 19.3. The largest absolute Gasteiger partial charge is 0.269 e. The summed E-state index contributed by atoms with van der Waals surface area (Å²) >= 11 is 0. The lowest BCUT2D eigenvalue weighted by Gasteiger charge is -2.32. The van der Waals surface area contributed by atoms with Crippen LogP contribution < -0.4 is 4.31 Å². The molecule has 0 bridgehead atoms. The second kappa shape index (κ2) is 6.92. The summed E-state index contributed by atoms with van der Waals surface area (Å²) in [6.07, 6.45) is 0. The maximum absolute atomic E-state index is 13.9. The fraction of sp³-hybridized carbons (Fsp3) is 0. The van der Waals surface area contributed by atoms with Crippen molar-refractivity contribution >= 4 is 53.7 Å². The Morgan fingerprint density at radius 3 is 1.65 bits per heavy atom. The molecule has 1 aliphatic rings. The first-order valence-corrected chi connectivity index (χ1v) is 12.7. The molecule has 0 aliphatic carbocycles. The van der Waals surface area contributed by atoms with Gasteiger partial charge >= 0.3 is 0 Å². The third-order valence-corrected chi connectivity index (χ3v) is 8.58. The van der Waals surface area contributed by atoms with Crippen LogP contribution in [-0.4, -0.2) is 8.42 Å². The number of para-hydroxylation sites is 1. The minimum absolute atomic E-state index is 0.331. The van der Waals surface area contributed by atoms with Gasteiger partial charge in [0.25, 0.3) is 10.0 Å². The van der Waals surface area contributed by atoms with Crippen molar-refractivity contribution in [2.75, 3.05) is 4.31 Å². The molecule has 6 aromatic carbocycles. The Hall–Kier alpha value is -4.15. The van der Waals surface area contributed by atoms with Crippen LogP contribution in [0.3, 0.4) is 0 Å². The molecule has 7 rings (SSSR count). The molecule has 0 spiro atoms. The van der Waals surface area contributed by atoms with E-state index in [0.29, 0.717) is 16.3 Å². The smallest absolute Gasteiger partial charge is 0.234 e. The molecular weight excluding hydrogens is 438 g/mol. The molecule has 0 N–H and O–H groups in total. The lowest BCUT2D eigenvalue weighted by atomic mass is 9.94. The van der Waals surface area contributed by atoms with Gasteiger partial charge in [-0.15, -0.1) is 0 Å². The second-order valence-electron chi connectivity index (χ2n) is 8.60. The molecule has 34 heavy (non-hydrogen) atoms. The highest BCUT2D eigenvalue weighted by Gasteiger charge is 2.35. The van der Waals surface area contributed by atoms with Crippen molar-refractivity contribution in [3.05, 3.63) is 115 Å². The van der Waals surface area contributed by atoms with Gasteiger partial charge in [-0.25, -0.2) is 12.7 Å². The topological polar surface area (TPSA) is 37.4 Å². The summed E-state index contributed by atoms with van der Waals surface area (Å²) in [5, 5.41) is 6.79. The molecule has 0 aromatic heterocycles. The summed E-state index contributed by atoms with van der Waals surface area (Å²) < 4.78 is 29.3. The van der Waals surface area contributed by atoms with E-state index in [0.717, 1.165) is 38.1 Å². The van der Waals surface area contributed by atoms with Crippen molar-refractivity contribution in [1.29, 1.82) is 0 Å².